The molecule has 0 aliphatic carbocycles. The van der Waals surface area contributed by atoms with Crippen LogP contribution >= 0.6 is 15.9 Å². The van der Waals surface area contributed by atoms with Crippen LogP contribution in [0.4, 0.5) is 0 Å². The Morgan fingerprint density at radius 2 is 1.88 bits per heavy atom. The maximum atomic E-state index is 9.42. The van der Waals surface area contributed by atoms with Crippen molar-refractivity contribution in [2.45, 2.75) is 32.5 Å². The third kappa shape index (κ3) is 5.23. The summed E-state index contributed by atoms with van der Waals surface area (Å²) in [6.07, 6.45) is 0. The highest BCUT2D eigenvalue weighted by atomic mass is 79.9. The zero-order chi connectivity index (χ0) is 17.6. The molecule has 0 aromatic heterocycles. The molecule has 0 aliphatic heterocycles. The van der Waals surface area contributed by atoms with E-state index in [1.165, 1.54) is 0 Å². The van der Waals surface area contributed by atoms with Gasteiger partial charge in [0.25, 0.3) is 0 Å². The topological polar surface area (TPSA) is 50.7 Å². The van der Waals surface area contributed by atoms with Crippen molar-refractivity contribution in [3.05, 3.63) is 58.1 Å². The van der Waals surface area contributed by atoms with Crippen molar-refractivity contribution in [3.63, 3.8) is 0 Å². The summed E-state index contributed by atoms with van der Waals surface area (Å²) in [7, 11) is 1.63. The Kier molecular flexibility index (Phi) is 6.66. The van der Waals surface area contributed by atoms with E-state index >= 15 is 0 Å². The van der Waals surface area contributed by atoms with Crippen molar-refractivity contribution in [3.8, 4) is 11.5 Å². The minimum Gasteiger partial charge on any atom is -0.493 e. The van der Waals surface area contributed by atoms with E-state index in [0.717, 1.165) is 15.6 Å². The maximum Gasteiger partial charge on any atom is 0.166 e. The summed E-state index contributed by atoms with van der Waals surface area (Å²) in [5.74, 6) is 1.39. The van der Waals surface area contributed by atoms with Crippen molar-refractivity contribution in [2.24, 2.45) is 0 Å². The third-order valence-electron chi connectivity index (χ3n) is 3.70. The first-order valence-corrected chi connectivity index (χ1v) is 8.63. The second-order valence-corrected chi connectivity index (χ2v) is 7.18. The molecule has 2 aromatic carbocycles. The van der Waals surface area contributed by atoms with E-state index in [9.17, 15) is 5.11 Å². The van der Waals surface area contributed by atoms with Crippen LogP contribution in [0.5, 0.6) is 11.5 Å². The molecule has 0 saturated carbocycles. The number of aliphatic hydroxyl groups is 1. The number of nitrogens with one attached hydrogen (secondary N) is 1. The molecule has 0 atom stereocenters. The van der Waals surface area contributed by atoms with E-state index < -0.39 is 0 Å². The van der Waals surface area contributed by atoms with Gasteiger partial charge in [-0.05, 0) is 31.5 Å². The van der Waals surface area contributed by atoms with Crippen LogP contribution in [0.15, 0.2) is 46.9 Å². The van der Waals surface area contributed by atoms with Gasteiger partial charge >= 0.3 is 0 Å². The van der Waals surface area contributed by atoms with Crippen molar-refractivity contribution >= 4 is 15.9 Å². The van der Waals surface area contributed by atoms with Crippen LogP contribution in [0.1, 0.15) is 25.0 Å². The van der Waals surface area contributed by atoms with E-state index in [1.807, 2.05) is 56.3 Å². The number of ether oxygens (including phenoxy) is 2. The van der Waals surface area contributed by atoms with Gasteiger partial charge in [-0.15, -0.1) is 0 Å². The molecule has 0 unspecified atom stereocenters. The lowest BCUT2D eigenvalue weighted by molar-refractivity contribution is 0.186. The molecule has 24 heavy (non-hydrogen) atoms. The second-order valence-electron chi connectivity index (χ2n) is 6.27. The van der Waals surface area contributed by atoms with E-state index in [-0.39, 0.29) is 12.1 Å². The molecule has 4 nitrogen and oxygen atoms in total. The first-order chi connectivity index (χ1) is 11.4. The molecule has 0 amide bonds. The Morgan fingerprint density at radius 1 is 1.17 bits per heavy atom. The minimum absolute atomic E-state index is 0.0539. The van der Waals surface area contributed by atoms with E-state index in [0.29, 0.717) is 24.7 Å². The molecule has 0 saturated heterocycles. The minimum atomic E-state index is -0.369. The summed E-state index contributed by atoms with van der Waals surface area (Å²) < 4.78 is 12.5. The van der Waals surface area contributed by atoms with Crippen molar-refractivity contribution in [1.29, 1.82) is 0 Å². The SMILES string of the molecule is COc1cc(Br)cc(CNC(C)(C)CO)c1OCc1ccccc1. The summed E-state index contributed by atoms with van der Waals surface area (Å²) in [5, 5.41) is 12.8. The Labute approximate surface area is 151 Å². The number of rotatable bonds is 8. The van der Waals surface area contributed by atoms with E-state index in [2.05, 4.69) is 21.2 Å². The molecule has 0 heterocycles. The van der Waals surface area contributed by atoms with Crippen molar-refractivity contribution in [2.75, 3.05) is 13.7 Å². The predicted molar refractivity (Wildman–Crippen MR) is 99.5 cm³/mol. The van der Waals surface area contributed by atoms with Crippen LogP contribution in [0.25, 0.3) is 0 Å². The highest BCUT2D eigenvalue weighted by Crippen LogP contribution is 2.35. The number of hydrogen-bond donors (Lipinski definition) is 2. The molecular formula is C19H24BrNO3. The monoisotopic (exact) mass is 393 g/mol. The molecule has 2 N–H and O–H groups in total. The van der Waals surface area contributed by atoms with Crippen LogP contribution in [0.2, 0.25) is 0 Å². The van der Waals surface area contributed by atoms with Gasteiger partial charge in [-0.25, -0.2) is 0 Å². The molecule has 0 radical (unpaired) electrons. The lowest BCUT2D eigenvalue weighted by Gasteiger charge is -2.25. The van der Waals surface area contributed by atoms with E-state index in [1.54, 1.807) is 7.11 Å². The average molecular weight is 394 g/mol. The first kappa shape index (κ1) is 18.8. The van der Waals surface area contributed by atoms with E-state index in [4.69, 9.17) is 9.47 Å². The fourth-order valence-electron chi connectivity index (χ4n) is 2.19. The summed E-state index contributed by atoms with van der Waals surface area (Å²) in [6.45, 7) is 4.99. The normalized spacial score (nSPS) is 11.4. The quantitative estimate of drug-likeness (QED) is 0.713. The van der Waals surface area contributed by atoms with Crippen LogP contribution in [0.3, 0.4) is 0 Å². The van der Waals surface area contributed by atoms with Gasteiger partial charge in [0.1, 0.15) is 6.61 Å². The molecule has 130 valence electrons. The van der Waals surface area contributed by atoms with Crippen LogP contribution in [0, 0.1) is 0 Å². The summed E-state index contributed by atoms with van der Waals surface area (Å²) in [5.41, 5.74) is 1.70. The summed E-state index contributed by atoms with van der Waals surface area (Å²) in [4.78, 5) is 0. The van der Waals surface area contributed by atoms with Gasteiger partial charge in [-0.3, -0.25) is 0 Å². The van der Waals surface area contributed by atoms with Crippen molar-refractivity contribution < 1.29 is 14.6 Å². The molecule has 0 spiro atoms. The van der Waals surface area contributed by atoms with Crippen LogP contribution in [-0.2, 0) is 13.2 Å². The Balaban J connectivity index is 2.22. The first-order valence-electron chi connectivity index (χ1n) is 7.84. The standard InChI is InChI=1S/C19H24BrNO3/c1-19(2,13-22)21-11-15-9-16(20)10-17(23-3)18(15)24-12-14-7-5-4-6-8-14/h4-10,21-22H,11-13H2,1-3H3. The van der Waals surface area contributed by atoms with Gasteiger partial charge in [0.05, 0.1) is 13.7 Å². The zero-order valence-electron chi connectivity index (χ0n) is 14.3. The largest absolute Gasteiger partial charge is 0.493 e. The van der Waals surface area contributed by atoms with Gasteiger partial charge in [-0.1, -0.05) is 46.3 Å². The smallest absolute Gasteiger partial charge is 0.166 e. The highest BCUT2D eigenvalue weighted by Gasteiger charge is 2.18. The Bertz CT molecular complexity index is 659. The highest BCUT2D eigenvalue weighted by molar-refractivity contribution is 9.10. The summed E-state index contributed by atoms with van der Waals surface area (Å²) in [6, 6.07) is 13.9. The number of methoxy groups -OCH3 is 1. The number of aliphatic hydroxyl groups excluding tert-OH is 1. The molecular weight excluding hydrogens is 370 g/mol. The Hall–Kier alpha value is -1.56. The van der Waals surface area contributed by atoms with Gasteiger partial charge in [0.2, 0.25) is 0 Å². The van der Waals surface area contributed by atoms with Gasteiger partial charge in [0.15, 0.2) is 11.5 Å². The van der Waals surface area contributed by atoms with Crippen LogP contribution < -0.4 is 14.8 Å². The predicted octanol–water partition coefficient (Wildman–Crippen LogP) is 3.90. The molecule has 2 rings (SSSR count). The third-order valence-corrected chi connectivity index (χ3v) is 4.15. The van der Waals surface area contributed by atoms with Gasteiger partial charge < -0.3 is 19.9 Å². The number of halogens is 1. The zero-order valence-corrected chi connectivity index (χ0v) is 15.9. The number of benzene rings is 2. The summed E-state index contributed by atoms with van der Waals surface area (Å²) >= 11 is 3.51. The second kappa shape index (κ2) is 8.51. The maximum absolute atomic E-state index is 9.42. The fourth-order valence-corrected chi connectivity index (χ4v) is 2.67. The molecule has 0 fully saturated rings. The molecule has 0 aliphatic rings. The average Bonchev–Trinajstić information content (AvgIpc) is 2.59. The Morgan fingerprint density at radius 3 is 2.50 bits per heavy atom. The lowest BCUT2D eigenvalue weighted by Crippen LogP contribution is -2.42. The van der Waals surface area contributed by atoms with Crippen LogP contribution in [-0.4, -0.2) is 24.4 Å². The van der Waals surface area contributed by atoms with Gasteiger partial charge in [-0.2, -0.15) is 0 Å². The van der Waals surface area contributed by atoms with Crippen molar-refractivity contribution in [1.82, 2.24) is 5.32 Å². The molecule has 5 heteroatoms. The lowest BCUT2D eigenvalue weighted by atomic mass is 10.1. The molecule has 2 aromatic rings. The molecule has 0 bridgehead atoms. The fraction of sp³-hybridized carbons (Fsp3) is 0.368. The van der Waals surface area contributed by atoms with Gasteiger partial charge in [0, 0.05) is 22.1 Å². The number of hydrogen-bond acceptors (Lipinski definition) is 4.